The Hall–Kier alpha value is -1.55. The van der Waals surface area contributed by atoms with Crippen LogP contribution in [-0.4, -0.2) is 42.2 Å². The van der Waals surface area contributed by atoms with E-state index in [0.29, 0.717) is 18.4 Å². The number of carboxylic acids is 1. The van der Waals surface area contributed by atoms with Gasteiger partial charge in [-0.25, -0.2) is 4.79 Å². The summed E-state index contributed by atoms with van der Waals surface area (Å²) in [6, 6.07) is 7.23. The average Bonchev–Trinajstić information content (AvgIpc) is 2.41. The third-order valence-corrected chi connectivity index (χ3v) is 3.94. The quantitative estimate of drug-likeness (QED) is 0.781. The summed E-state index contributed by atoms with van der Waals surface area (Å²) in [5, 5.41) is 9.08. The average molecular weight is 293 g/mol. The van der Waals surface area contributed by atoms with Crippen LogP contribution in [0, 0.1) is 5.41 Å². The van der Waals surface area contributed by atoms with E-state index in [1.807, 2.05) is 0 Å². The minimum Gasteiger partial charge on any atom is -0.493 e. The van der Waals surface area contributed by atoms with E-state index in [4.69, 9.17) is 9.84 Å². The summed E-state index contributed by atoms with van der Waals surface area (Å²) in [5.41, 5.74) is 0.458. The molecule has 0 heterocycles. The van der Waals surface area contributed by atoms with Crippen LogP contribution in [0.4, 0.5) is 0 Å². The van der Waals surface area contributed by atoms with Gasteiger partial charge in [0.1, 0.15) is 11.3 Å². The van der Waals surface area contributed by atoms with Crippen molar-refractivity contribution in [1.29, 1.82) is 0 Å². The zero-order valence-electron chi connectivity index (χ0n) is 13.7. The Labute approximate surface area is 127 Å². The van der Waals surface area contributed by atoms with Gasteiger partial charge in [-0.2, -0.15) is 0 Å². The molecule has 1 atom stereocenters. The highest BCUT2D eigenvalue weighted by Crippen LogP contribution is 2.23. The van der Waals surface area contributed by atoms with E-state index < -0.39 is 5.97 Å². The summed E-state index contributed by atoms with van der Waals surface area (Å²) in [4.78, 5) is 13.4. The van der Waals surface area contributed by atoms with Crippen LogP contribution in [0.15, 0.2) is 24.3 Å². The number of rotatable bonds is 7. The highest BCUT2D eigenvalue weighted by Gasteiger charge is 2.23. The molecule has 0 saturated heterocycles. The maximum absolute atomic E-state index is 11.1. The van der Waals surface area contributed by atoms with Crippen molar-refractivity contribution in [2.75, 3.05) is 20.2 Å². The summed E-state index contributed by atoms with van der Waals surface area (Å²) in [7, 11) is 2.11. The van der Waals surface area contributed by atoms with E-state index in [2.05, 4.69) is 39.6 Å². The van der Waals surface area contributed by atoms with Crippen molar-refractivity contribution in [3.05, 3.63) is 29.8 Å². The molecule has 21 heavy (non-hydrogen) atoms. The third-order valence-electron chi connectivity index (χ3n) is 3.94. The van der Waals surface area contributed by atoms with Gasteiger partial charge in [-0.1, -0.05) is 32.9 Å². The number of carbonyl (C=O) groups is 1. The van der Waals surface area contributed by atoms with Crippen molar-refractivity contribution >= 4 is 5.97 Å². The van der Waals surface area contributed by atoms with Crippen LogP contribution in [-0.2, 0) is 0 Å². The monoisotopic (exact) mass is 293 g/mol. The number of carboxylic acid groups (broad SMARTS) is 1. The molecule has 4 heteroatoms. The zero-order chi connectivity index (χ0) is 16.0. The molecule has 1 aromatic rings. The molecule has 0 spiro atoms. The minimum absolute atomic E-state index is 0.217. The van der Waals surface area contributed by atoms with E-state index >= 15 is 0 Å². The lowest BCUT2D eigenvalue weighted by molar-refractivity contribution is 0.0691. The number of nitrogens with zero attached hydrogens (tertiary/aromatic N) is 1. The molecule has 0 aliphatic heterocycles. The number of hydrogen-bond donors (Lipinski definition) is 1. The number of ether oxygens (including phenoxy) is 1. The number of para-hydroxylation sites is 1. The summed E-state index contributed by atoms with van der Waals surface area (Å²) < 4.78 is 5.61. The van der Waals surface area contributed by atoms with E-state index in [1.165, 1.54) is 0 Å². The fourth-order valence-electron chi connectivity index (χ4n) is 2.12. The van der Waals surface area contributed by atoms with Crippen LogP contribution in [0.25, 0.3) is 0 Å². The van der Waals surface area contributed by atoms with Crippen molar-refractivity contribution in [3.63, 3.8) is 0 Å². The highest BCUT2D eigenvalue weighted by atomic mass is 16.5. The number of benzene rings is 1. The van der Waals surface area contributed by atoms with Crippen LogP contribution in [0.1, 0.15) is 44.5 Å². The molecule has 0 amide bonds. The molecule has 0 aromatic heterocycles. The van der Waals surface area contributed by atoms with Crippen molar-refractivity contribution in [3.8, 4) is 5.75 Å². The molecule has 1 unspecified atom stereocenters. The predicted octanol–water partition coefficient (Wildman–Crippen LogP) is 3.52. The molecule has 0 radical (unpaired) electrons. The van der Waals surface area contributed by atoms with Gasteiger partial charge in [-0.15, -0.1) is 0 Å². The summed E-state index contributed by atoms with van der Waals surface area (Å²) in [6.07, 6.45) is 0.866. The smallest absolute Gasteiger partial charge is 0.339 e. The van der Waals surface area contributed by atoms with Gasteiger partial charge in [0, 0.05) is 12.6 Å². The van der Waals surface area contributed by atoms with Gasteiger partial charge in [0.2, 0.25) is 0 Å². The normalized spacial score (nSPS) is 13.2. The molecule has 0 aliphatic carbocycles. The molecule has 0 aliphatic rings. The van der Waals surface area contributed by atoms with Gasteiger partial charge < -0.3 is 14.7 Å². The molecule has 1 N–H and O–H groups in total. The molecule has 0 bridgehead atoms. The highest BCUT2D eigenvalue weighted by molar-refractivity contribution is 5.90. The Bertz CT molecular complexity index is 465. The van der Waals surface area contributed by atoms with E-state index in [1.54, 1.807) is 24.3 Å². The maximum atomic E-state index is 11.1. The van der Waals surface area contributed by atoms with Crippen LogP contribution in [0.3, 0.4) is 0 Å². The molecule has 0 fully saturated rings. The summed E-state index contributed by atoms with van der Waals surface area (Å²) in [5.74, 6) is -0.513. The Morgan fingerprint density at radius 3 is 2.52 bits per heavy atom. The standard InChI is InChI=1S/C17H27NO3/c1-13(17(2,3)4)18(5)11-8-12-21-15-10-7-6-9-14(15)16(19)20/h6-7,9-10,13H,8,11-12H2,1-5H3,(H,19,20). The van der Waals surface area contributed by atoms with E-state index in [9.17, 15) is 4.79 Å². The fourth-order valence-corrected chi connectivity index (χ4v) is 2.12. The minimum atomic E-state index is -0.955. The molecule has 4 nitrogen and oxygen atoms in total. The first-order valence-electron chi connectivity index (χ1n) is 7.39. The molecular weight excluding hydrogens is 266 g/mol. The lowest BCUT2D eigenvalue weighted by atomic mass is 9.87. The third kappa shape index (κ3) is 5.38. The summed E-state index contributed by atoms with van der Waals surface area (Å²) >= 11 is 0. The molecule has 0 saturated carbocycles. The van der Waals surface area contributed by atoms with Gasteiger partial charge in [0.05, 0.1) is 6.61 Å². The topological polar surface area (TPSA) is 49.8 Å². The first-order chi connectivity index (χ1) is 9.73. The predicted molar refractivity (Wildman–Crippen MR) is 85.1 cm³/mol. The largest absolute Gasteiger partial charge is 0.493 e. The SMILES string of the molecule is CC(N(C)CCCOc1ccccc1C(=O)O)C(C)(C)C. The van der Waals surface area contributed by atoms with Gasteiger partial charge in [0.25, 0.3) is 0 Å². The molecule has 1 rings (SSSR count). The van der Waals surface area contributed by atoms with Crippen LogP contribution < -0.4 is 4.74 Å². The molecular formula is C17H27NO3. The van der Waals surface area contributed by atoms with Gasteiger partial charge in [-0.05, 0) is 37.9 Å². The Kier molecular flexibility index (Phi) is 6.21. The zero-order valence-corrected chi connectivity index (χ0v) is 13.7. The number of hydrogen-bond acceptors (Lipinski definition) is 3. The second-order valence-corrected chi connectivity index (χ2v) is 6.53. The summed E-state index contributed by atoms with van der Waals surface area (Å²) in [6.45, 7) is 10.4. The lowest BCUT2D eigenvalue weighted by Gasteiger charge is -2.35. The van der Waals surface area contributed by atoms with Crippen LogP contribution in [0.5, 0.6) is 5.75 Å². The van der Waals surface area contributed by atoms with E-state index in [-0.39, 0.29) is 11.0 Å². The Balaban J connectivity index is 2.43. The second-order valence-electron chi connectivity index (χ2n) is 6.53. The Morgan fingerprint density at radius 1 is 1.33 bits per heavy atom. The van der Waals surface area contributed by atoms with Gasteiger partial charge >= 0.3 is 5.97 Å². The Morgan fingerprint density at radius 2 is 1.95 bits per heavy atom. The fraction of sp³-hybridized carbons (Fsp3) is 0.588. The second kappa shape index (κ2) is 7.46. The molecule has 118 valence electrons. The van der Waals surface area contributed by atoms with Crippen molar-refractivity contribution in [2.45, 2.75) is 40.2 Å². The lowest BCUT2D eigenvalue weighted by Crippen LogP contribution is -2.40. The van der Waals surface area contributed by atoms with Crippen LogP contribution in [0.2, 0.25) is 0 Å². The maximum Gasteiger partial charge on any atom is 0.339 e. The van der Waals surface area contributed by atoms with Crippen molar-refractivity contribution in [2.24, 2.45) is 5.41 Å². The first-order valence-corrected chi connectivity index (χ1v) is 7.39. The number of aromatic carboxylic acids is 1. The van der Waals surface area contributed by atoms with Crippen molar-refractivity contribution in [1.82, 2.24) is 4.90 Å². The first kappa shape index (κ1) is 17.5. The van der Waals surface area contributed by atoms with Crippen LogP contribution >= 0.6 is 0 Å². The van der Waals surface area contributed by atoms with Crippen molar-refractivity contribution < 1.29 is 14.6 Å². The van der Waals surface area contributed by atoms with Gasteiger partial charge in [-0.3, -0.25) is 0 Å². The van der Waals surface area contributed by atoms with Gasteiger partial charge in [0.15, 0.2) is 0 Å². The van der Waals surface area contributed by atoms with E-state index in [0.717, 1.165) is 13.0 Å². The molecule has 1 aromatic carbocycles.